The van der Waals surface area contributed by atoms with Gasteiger partial charge in [-0.25, -0.2) is 4.98 Å². The third-order valence-corrected chi connectivity index (χ3v) is 3.35. The van der Waals surface area contributed by atoms with Crippen LogP contribution >= 0.6 is 0 Å². The number of aromatic nitrogens is 1. The van der Waals surface area contributed by atoms with Crippen molar-refractivity contribution in [3.8, 4) is 0 Å². The highest BCUT2D eigenvalue weighted by atomic mass is 16.1. The first-order valence-electron chi connectivity index (χ1n) is 6.47. The van der Waals surface area contributed by atoms with E-state index in [4.69, 9.17) is 0 Å². The van der Waals surface area contributed by atoms with E-state index in [-0.39, 0.29) is 5.91 Å². The molecule has 0 radical (unpaired) electrons. The van der Waals surface area contributed by atoms with Crippen molar-refractivity contribution in [1.29, 1.82) is 0 Å². The van der Waals surface area contributed by atoms with E-state index in [0.29, 0.717) is 18.2 Å². The molecule has 92 valence electrons. The Morgan fingerprint density at radius 1 is 1.35 bits per heavy atom. The Kier molecular flexibility index (Phi) is 4.13. The van der Waals surface area contributed by atoms with Gasteiger partial charge in [0.05, 0.1) is 0 Å². The van der Waals surface area contributed by atoms with Crippen molar-refractivity contribution in [2.75, 3.05) is 5.32 Å². The maximum absolute atomic E-state index is 11.8. The van der Waals surface area contributed by atoms with Crippen LogP contribution in [0.4, 0.5) is 5.82 Å². The van der Waals surface area contributed by atoms with Crippen molar-refractivity contribution in [2.45, 2.75) is 45.4 Å². The second kappa shape index (κ2) is 5.80. The van der Waals surface area contributed by atoms with E-state index in [9.17, 15) is 4.79 Å². The Hall–Kier alpha value is -1.38. The molecule has 0 aliphatic heterocycles. The summed E-state index contributed by atoms with van der Waals surface area (Å²) >= 11 is 0. The van der Waals surface area contributed by atoms with Crippen LogP contribution in [0.25, 0.3) is 0 Å². The summed E-state index contributed by atoms with van der Waals surface area (Å²) in [6, 6.07) is 5.68. The second-order valence-corrected chi connectivity index (χ2v) is 4.92. The normalized spacial score (nSPS) is 16.8. The van der Waals surface area contributed by atoms with Gasteiger partial charge in [0.15, 0.2) is 0 Å². The number of aryl methyl sites for hydroxylation is 1. The average molecular weight is 232 g/mol. The summed E-state index contributed by atoms with van der Waals surface area (Å²) in [5.41, 5.74) is 0.931. The molecule has 3 heteroatoms. The zero-order chi connectivity index (χ0) is 12.1. The summed E-state index contributed by atoms with van der Waals surface area (Å²) in [6.07, 6.45) is 6.94. The lowest BCUT2D eigenvalue weighted by atomic mass is 9.87. The first-order valence-corrected chi connectivity index (χ1v) is 6.47. The summed E-state index contributed by atoms with van der Waals surface area (Å²) in [7, 11) is 0. The SMILES string of the molecule is Cc1cccc(NC(=O)CC2CCCCC2)n1. The van der Waals surface area contributed by atoms with Gasteiger partial charge in [-0.05, 0) is 37.8 Å². The molecule has 1 aromatic heterocycles. The highest BCUT2D eigenvalue weighted by molar-refractivity contribution is 5.89. The number of amides is 1. The molecule has 1 heterocycles. The molecule has 1 aromatic rings. The first-order chi connectivity index (χ1) is 8.24. The molecule has 0 unspecified atom stereocenters. The largest absolute Gasteiger partial charge is 0.311 e. The monoisotopic (exact) mass is 232 g/mol. The number of rotatable bonds is 3. The van der Waals surface area contributed by atoms with E-state index >= 15 is 0 Å². The van der Waals surface area contributed by atoms with Crippen molar-refractivity contribution < 1.29 is 4.79 Å². The lowest BCUT2D eigenvalue weighted by molar-refractivity contribution is -0.117. The minimum Gasteiger partial charge on any atom is -0.311 e. The molecule has 0 bridgehead atoms. The van der Waals surface area contributed by atoms with Gasteiger partial charge in [-0.15, -0.1) is 0 Å². The molecule has 0 spiro atoms. The van der Waals surface area contributed by atoms with Crippen molar-refractivity contribution in [1.82, 2.24) is 4.98 Å². The topological polar surface area (TPSA) is 42.0 Å². The molecule has 2 rings (SSSR count). The van der Waals surface area contributed by atoms with Gasteiger partial charge in [-0.3, -0.25) is 4.79 Å². The van der Waals surface area contributed by atoms with E-state index in [1.54, 1.807) is 0 Å². The number of anilines is 1. The molecule has 1 aliphatic carbocycles. The summed E-state index contributed by atoms with van der Waals surface area (Å²) < 4.78 is 0. The highest BCUT2D eigenvalue weighted by Crippen LogP contribution is 2.26. The van der Waals surface area contributed by atoms with E-state index in [0.717, 1.165) is 5.69 Å². The molecule has 17 heavy (non-hydrogen) atoms. The highest BCUT2D eigenvalue weighted by Gasteiger charge is 2.17. The van der Waals surface area contributed by atoms with E-state index in [2.05, 4.69) is 10.3 Å². The van der Waals surface area contributed by atoms with Gasteiger partial charge in [-0.1, -0.05) is 25.3 Å². The molecule has 1 amide bonds. The number of hydrogen-bond donors (Lipinski definition) is 1. The van der Waals surface area contributed by atoms with Crippen LogP contribution in [-0.4, -0.2) is 10.9 Å². The third-order valence-electron chi connectivity index (χ3n) is 3.35. The van der Waals surface area contributed by atoms with Gasteiger partial charge in [0.2, 0.25) is 5.91 Å². The smallest absolute Gasteiger partial charge is 0.225 e. The maximum atomic E-state index is 11.8. The molecule has 0 saturated heterocycles. The Balaban J connectivity index is 1.84. The molecule has 1 N–H and O–H groups in total. The number of nitrogens with zero attached hydrogens (tertiary/aromatic N) is 1. The van der Waals surface area contributed by atoms with Crippen LogP contribution < -0.4 is 5.32 Å². The summed E-state index contributed by atoms with van der Waals surface area (Å²) in [5, 5.41) is 2.88. The van der Waals surface area contributed by atoms with Crippen molar-refractivity contribution in [3.63, 3.8) is 0 Å². The van der Waals surface area contributed by atoms with Crippen LogP contribution in [0.5, 0.6) is 0 Å². The molecule has 3 nitrogen and oxygen atoms in total. The second-order valence-electron chi connectivity index (χ2n) is 4.92. The third kappa shape index (κ3) is 3.84. The Bertz CT molecular complexity index is 384. The Morgan fingerprint density at radius 3 is 2.82 bits per heavy atom. The zero-order valence-electron chi connectivity index (χ0n) is 10.4. The number of nitrogens with one attached hydrogen (secondary N) is 1. The summed E-state index contributed by atoms with van der Waals surface area (Å²) in [4.78, 5) is 16.1. The summed E-state index contributed by atoms with van der Waals surface area (Å²) in [6.45, 7) is 1.93. The Labute approximate surface area is 103 Å². The number of carbonyl (C=O) groups is 1. The van der Waals surface area contributed by atoms with E-state index in [1.807, 2.05) is 25.1 Å². The molecule has 0 atom stereocenters. The molecule has 0 aromatic carbocycles. The van der Waals surface area contributed by atoms with Crippen LogP contribution in [0.15, 0.2) is 18.2 Å². The number of carbonyl (C=O) groups excluding carboxylic acids is 1. The van der Waals surface area contributed by atoms with Crippen molar-refractivity contribution in [2.24, 2.45) is 5.92 Å². The fourth-order valence-electron chi connectivity index (χ4n) is 2.46. The lowest BCUT2D eigenvalue weighted by Crippen LogP contribution is -2.18. The van der Waals surface area contributed by atoms with Crippen LogP contribution in [0.1, 0.15) is 44.2 Å². The fraction of sp³-hybridized carbons (Fsp3) is 0.571. The van der Waals surface area contributed by atoms with Crippen LogP contribution in [-0.2, 0) is 4.79 Å². The molecular formula is C14H20N2O. The number of pyridine rings is 1. The van der Waals surface area contributed by atoms with Crippen molar-refractivity contribution >= 4 is 11.7 Å². The summed E-state index contributed by atoms with van der Waals surface area (Å²) in [5.74, 6) is 1.36. The van der Waals surface area contributed by atoms with Gasteiger partial charge in [-0.2, -0.15) is 0 Å². The Morgan fingerprint density at radius 2 is 2.12 bits per heavy atom. The minimum absolute atomic E-state index is 0.106. The predicted octanol–water partition coefficient (Wildman–Crippen LogP) is 3.30. The van der Waals surface area contributed by atoms with Gasteiger partial charge >= 0.3 is 0 Å². The zero-order valence-corrected chi connectivity index (χ0v) is 10.4. The van der Waals surface area contributed by atoms with Crippen LogP contribution in [0.2, 0.25) is 0 Å². The molecular weight excluding hydrogens is 212 g/mol. The van der Waals surface area contributed by atoms with Gasteiger partial charge in [0.1, 0.15) is 5.82 Å². The average Bonchev–Trinajstić information content (AvgIpc) is 2.30. The molecule has 1 aliphatic rings. The van der Waals surface area contributed by atoms with E-state index < -0.39 is 0 Å². The van der Waals surface area contributed by atoms with Crippen molar-refractivity contribution in [3.05, 3.63) is 23.9 Å². The maximum Gasteiger partial charge on any atom is 0.225 e. The predicted molar refractivity (Wildman–Crippen MR) is 68.8 cm³/mol. The first kappa shape index (κ1) is 12.1. The van der Waals surface area contributed by atoms with Crippen LogP contribution in [0, 0.1) is 12.8 Å². The molecule has 1 saturated carbocycles. The quantitative estimate of drug-likeness (QED) is 0.868. The minimum atomic E-state index is 0.106. The standard InChI is InChI=1S/C14H20N2O/c1-11-6-5-9-13(15-11)16-14(17)10-12-7-3-2-4-8-12/h5-6,9,12H,2-4,7-8,10H2,1H3,(H,15,16,17). The fourth-order valence-corrected chi connectivity index (χ4v) is 2.46. The van der Waals surface area contributed by atoms with Gasteiger partial charge in [0.25, 0.3) is 0 Å². The van der Waals surface area contributed by atoms with Gasteiger partial charge < -0.3 is 5.32 Å². The lowest BCUT2D eigenvalue weighted by Gasteiger charge is -2.20. The van der Waals surface area contributed by atoms with Gasteiger partial charge in [0, 0.05) is 12.1 Å². The van der Waals surface area contributed by atoms with E-state index in [1.165, 1.54) is 32.1 Å². The number of hydrogen-bond acceptors (Lipinski definition) is 2. The van der Waals surface area contributed by atoms with Crippen LogP contribution in [0.3, 0.4) is 0 Å². The molecule has 1 fully saturated rings.